The van der Waals surface area contributed by atoms with Gasteiger partial charge in [0.1, 0.15) is 6.61 Å². The Bertz CT molecular complexity index is 450. The highest BCUT2D eigenvalue weighted by Gasteiger charge is 2.06. The largest absolute Gasteiger partial charge is 0.481 e. The fourth-order valence-electron chi connectivity index (χ4n) is 2.18. The molecule has 0 bridgehead atoms. The first-order valence-corrected chi connectivity index (χ1v) is 11.7. The Hall–Kier alpha value is -1.38. The SMILES string of the molecule is CCOCCOCCOCCOCCOCCOCCOCCOCCOC(=O)CCC(=O)O. The van der Waals surface area contributed by atoms with Crippen molar-refractivity contribution >= 4 is 11.9 Å². The van der Waals surface area contributed by atoms with E-state index in [1.807, 2.05) is 6.92 Å². The maximum atomic E-state index is 11.2. The first-order chi connectivity index (χ1) is 16.7. The van der Waals surface area contributed by atoms with Gasteiger partial charge in [-0.3, -0.25) is 9.59 Å². The second-order valence-electron chi connectivity index (χ2n) is 6.60. The molecule has 0 rings (SSSR count). The highest BCUT2D eigenvalue weighted by Crippen LogP contribution is 1.93. The van der Waals surface area contributed by atoms with Crippen LogP contribution >= 0.6 is 0 Å². The van der Waals surface area contributed by atoms with Crippen LogP contribution in [0.1, 0.15) is 19.8 Å². The van der Waals surface area contributed by atoms with E-state index in [1.165, 1.54) is 0 Å². The van der Waals surface area contributed by atoms with E-state index in [0.29, 0.717) is 99.1 Å². The minimum Gasteiger partial charge on any atom is -0.481 e. The van der Waals surface area contributed by atoms with Gasteiger partial charge in [-0.2, -0.15) is 0 Å². The average Bonchev–Trinajstić information content (AvgIpc) is 2.82. The molecule has 1 N–H and O–H groups in total. The van der Waals surface area contributed by atoms with Crippen molar-refractivity contribution < 1.29 is 57.3 Å². The van der Waals surface area contributed by atoms with E-state index >= 15 is 0 Å². The van der Waals surface area contributed by atoms with Crippen LogP contribution in [0.25, 0.3) is 0 Å². The van der Waals surface area contributed by atoms with E-state index in [0.717, 1.165) is 0 Å². The quantitative estimate of drug-likeness (QED) is 0.119. The van der Waals surface area contributed by atoms with E-state index in [-0.39, 0.29) is 26.1 Å². The zero-order valence-electron chi connectivity index (χ0n) is 20.4. The molecule has 34 heavy (non-hydrogen) atoms. The maximum Gasteiger partial charge on any atom is 0.306 e. The second kappa shape index (κ2) is 27.9. The van der Waals surface area contributed by atoms with Gasteiger partial charge in [-0.15, -0.1) is 0 Å². The third-order valence-corrected chi connectivity index (χ3v) is 3.84. The number of hydrogen-bond donors (Lipinski definition) is 1. The van der Waals surface area contributed by atoms with Crippen LogP contribution < -0.4 is 0 Å². The molecule has 0 fully saturated rings. The molecule has 12 nitrogen and oxygen atoms in total. The van der Waals surface area contributed by atoms with Crippen LogP contribution in [0.15, 0.2) is 0 Å². The van der Waals surface area contributed by atoms with Crippen molar-refractivity contribution in [3.05, 3.63) is 0 Å². The molecule has 0 amide bonds. The molecule has 0 aliphatic heterocycles. The smallest absolute Gasteiger partial charge is 0.306 e. The zero-order chi connectivity index (χ0) is 25.0. The summed E-state index contributed by atoms with van der Waals surface area (Å²) in [5.74, 6) is -1.58. The highest BCUT2D eigenvalue weighted by atomic mass is 16.6. The van der Waals surface area contributed by atoms with Crippen LogP contribution in [0.3, 0.4) is 0 Å². The third kappa shape index (κ3) is 28.7. The summed E-state index contributed by atoms with van der Waals surface area (Å²) in [6.45, 7) is 9.87. The number of ether oxygens (including phenoxy) is 9. The van der Waals surface area contributed by atoms with Gasteiger partial charge in [-0.05, 0) is 6.92 Å². The number of rotatable bonds is 28. The molecule has 0 radical (unpaired) electrons. The lowest BCUT2D eigenvalue weighted by Crippen LogP contribution is -2.15. The molecule has 12 heteroatoms. The predicted molar refractivity (Wildman–Crippen MR) is 120 cm³/mol. The number of carboxylic acid groups (broad SMARTS) is 1. The van der Waals surface area contributed by atoms with E-state index < -0.39 is 11.9 Å². The average molecular weight is 499 g/mol. The van der Waals surface area contributed by atoms with Crippen LogP contribution in [0.2, 0.25) is 0 Å². The number of aliphatic carboxylic acids is 1. The van der Waals surface area contributed by atoms with Gasteiger partial charge in [0.25, 0.3) is 0 Å². The Morgan fingerprint density at radius 1 is 0.471 bits per heavy atom. The van der Waals surface area contributed by atoms with Crippen LogP contribution in [-0.4, -0.2) is 129 Å². The van der Waals surface area contributed by atoms with Crippen LogP contribution in [0.4, 0.5) is 0 Å². The topological polar surface area (TPSA) is 137 Å². The van der Waals surface area contributed by atoms with E-state index in [4.69, 9.17) is 47.7 Å². The van der Waals surface area contributed by atoms with Crippen molar-refractivity contribution in [3.8, 4) is 0 Å². The molecular weight excluding hydrogens is 456 g/mol. The number of esters is 1. The molecule has 0 saturated heterocycles. The van der Waals surface area contributed by atoms with E-state index in [1.54, 1.807) is 0 Å². The van der Waals surface area contributed by atoms with Crippen molar-refractivity contribution in [3.63, 3.8) is 0 Å². The van der Waals surface area contributed by atoms with Crippen molar-refractivity contribution in [2.45, 2.75) is 19.8 Å². The fraction of sp³-hybridized carbons (Fsp3) is 0.909. The Labute approximate surface area is 202 Å². The summed E-state index contributed by atoms with van der Waals surface area (Å²) < 4.78 is 47.5. The predicted octanol–water partition coefficient (Wildman–Crippen LogP) is 0.547. The zero-order valence-corrected chi connectivity index (χ0v) is 20.4. The van der Waals surface area contributed by atoms with Crippen molar-refractivity contribution in [1.29, 1.82) is 0 Å². The standard InChI is InChI=1S/C22H42O12/c1-2-26-5-6-27-7-8-28-9-10-29-11-12-30-13-14-31-15-16-32-17-18-33-19-20-34-22(25)4-3-21(23)24/h2-20H2,1H3,(H,23,24). The summed E-state index contributed by atoms with van der Waals surface area (Å²) in [4.78, 5) is 21.5. The summed E-state index contributed by atoms with van der Waals surface area (Å²) >= 11 is 0. The Kier molecular flexibility index (Phi) is 26.7. The third-order valence-electron chi connectivity index (χ3n) is 3.84. The maximum absolute atomic E-state index is 11.2. The first-order valence-electron chi connectivity index (χ1n) is 11.7. The summed E-state index contributed by atoms with van der Waals surface area (Å²) in [5.41, 5.74) is 0. The highest BCUT2D eigenvalue weighted by molar-refractivity contribution is 5.76. The lowest BCUT2D eigenvalue weighted by atomic mass is 10.3. The van der Waals surface area contributed by atoms with Crippen LogP contribution in [0, 0.1) is 0 Å². The van der Waals surface area contributed by atoms with E-state index in [9.17, 15) is 9.59 Å². The molecule has 0 aliphatic rings. The molecule has 0 aromatic carbocycles. The summed E-state index contributed by atoms with van der Waals surface area (Å²) in [7, 11) is 0. The molecule has 202 valence electrons. The molecule has 0 heterocycles. The molecular formula is C22H42O12. The molecule has 0 unspecified atom stereocenters. The Morgan fingerprint density at radius 2 is 0.765 bits per heavy atom. The fourth-order valence-corrected chi connectivity index (χ4v) is 2.18. The molecule has 0 atom stereocenters. The van der Waals surface area contributed by atoms with Gasteiger partial charge in [0, 0.05) is 6.61 Å². The molecule has 0 spiro atoms. The minimum absolute atomic E-state index is 0.0889. The van der Waals surface area contributed by atoms with Gasteiger partial charge < -0.3 is 47.7 Å². The van der Waals surface area contributed by atoms with Crippen molar-refractivity contribution in [2.75, 3.05) is 112 Å². The molecule has 0 aliphatic carbocycles. The lowest BCUT2D eigenvalue weighted by molar-refractivity contribution is -0.149. The number of carbonyl (C=O) groups is 2. The Balaban J connectivity index is 3.08. The van der Waals surface area contributed by atoms with Gasteiger partial charge in [0.05, 0.1) is 112 Å². The minimum atomic E-state index is -1.03. The van der Waals surface area contributed by atoms with Crippen LogP contribution in [-0.2, 0) is 52.2 Å². The van der Waals surface area contributed by atoms with Gasteiger partial charge in [0.15, 0.2) is 0 Å². The number of carboxylic acids is 1. The Morgan fingerprint density at radius 3 is 1.06 bits per heavy atom. The summed E-state index contributed by atoms with van der Waals surface area (Å²) in [6, 6.07) is 0. The number of carbonyl (C=O) groups excluding carboxylic acids is 1. The van der Waals surface area contributed by atoms with Gasteiger partial charge in [0.2, 0.25) is 0 Å². The number of hydrogen-bond acceptors (Lipinski definition) is 11. The first kappa shape index (κ1) is 32.6. The molecule has 0 aromatic heterocycles. The normalized spacial score (nSPS) is 11.1. The lowest BCUT2D eigenvalue weighted by Gasteiger charge is -2.08. The van der Waals surface area contributed by atoms with Crippen molar-refractivity contribution in [1.82, 2.24) is 0 Å². The van der Waals surface area contributed by atoms with Gasteiger partial charge >= 0.3 is 11.9 Å². The summed E-state index contributed by atoms with van der Waals surface area (Å²) in [6.07, 6.45) is -0.376. The summed E-state index contributed by atoms with van der Waals surface area (Å²) in [5, 5.41) is 8.45. The van der Waals surface area contributed by atoms with E-state index in [2.05, 4.69) is 0 Å². The second-order valence-corrected chi connectivity index (χ2v) is 6.60. The van der Waals surface area contributed by atoms with Crippen LogP contribution in [0.5, 0.6) is 0 Å². The van der Waals surface area contributed by atoms with Crippen molar-refractivity contribution in [2.24, 2.45) is 0 Å². The molecule has 0 saturated carbocycles. The molecule has 0 aromatic rings. The monoisotopic (exact) mass is 498 g/mol. The van der Waals surface area contributed by atoms with Gasteiger partial charge in [-0.25, -0.2) is 0 Å². The van der Waals surface area contributed by atoms with Gasteiger partial charge in [-0.1, -0.05) is 0 Å².